The lowest BCUT2D eigenvalue weighted by Gasteiger charge is -2.07. The van der Waals surface area contributed by atoms with Crippen LogP contribution in [0.1, 0.15) is 17.5 Å². The minimum atomic E-state index is -0.790. The molecule has 1 aromatic carbocycles. The third kappa shape index (κ3) is 3.16. The summed E-state index contributed by atoms with van der Waals surface area (Å²) in [5, 5.41) is 6.74. The van der Waals surface area contributed by atoms with Gasteiger partial charge < -0.3 is 15.6 Å². The molecule has 1 atom stereocenters. The predicted molar refractivity (Wildman–Crippen MR) is 73.1 cm³/mol. The fraction of sp³-hybridized carbons (Fsp3) is 0.154. The molecule has 0 spiro atoms. The summed E-state index contributed by atoms with van der Waals surface area (Å²) in [5.74, 6) is -1.20. The number of rotatable bonds is 4. The van der Waals surface area contributed by atoms with Crippen molar-refractivity contribution in [2.75, 3.05) is 0 Å². The number of nitrogens with zero attached hydrogens (tertiary/aromatic N) is 1. The van der Waals surface area contributed by atoms with Crippen molar-refractivity contribution in [2.45, 2.75) is 13.0 Å². The molecule has 2 amide bonds. The van der Waals surface area contributed by atoms with E-state index in [0.29, 0.717) is 10.7 Å². The first kappa shape index (κ1) is 14.1. The quantitative estimate of drug-likeness (QED) is 0.894. The van der Waals surface area contributed by atoms with Crippen LogP contribution in [0.15, 0.2) is 34.9 Å². The van der Waals surface area contributed by atoms with E-state index in [9.17, 15) is 9.59 Å². The molecule has 104 valence electrons. The van der Waals surface area contributed by atoms with Crippen LogP contribution in [0, 0.1) is 0 Å². The van der Waals surface area contributed by atoms with Gasteiger partial charge in [0.05, 0.1) is 0 Å². The van der Waals surface area contributed by atoms with Crippen LogP contribution in [-0.2, 0) is 4.79 Å². The smallest absolute Gasteiger partial charge is 0.290 e. The Balaban J connectivity index is 2.17. The van der Waals surface area contributed by atoms with Gasteiger partial charge in [0.1, 0.15) is 11.7 Å². The third-order valence-electron chi connectivity index (χ3n) is 2.63. The number of primary amides is 1. The first-order valence-corrected chi connectivity index (χ1v) is 6.18. The maximum atomic E-state index is 11.8. The summed E-state index contributed by atoms with van der Waals surface area (Å²) in [7, 11) is 0. The number of amides is 2. The molecule has 20 heavy (non-hydrogen) atoms. The van der Waals surface area contributed by atoms with Crippen LogP contribution in [0.3, 0.4) is 0 Å². The van der Waals surface area contributed by atoms with Crippen molar-refractivity contribution in [2.24, 2.45) is 5.73 Å². The van der Waals surface area contributed by atoms with Gasteiger partial charge in [-0.15, -0.1) is 0 Å². The lowest BCUT2D eigenvalue weighted by molar-refractivity contribution is -0.119. The minimum absolute atomic E-state index is 0.00641. The molecule has 0 saturated carbocycles. The molecule has 0 radical (unpaired) electrons. The first-order chi connectivity index (χ1) is 9.47. The molecule has 0 bridgehead atoms. The lowest BCUT2D eigenvalue weighted by atomic mass is 10.1. The Bertz CT molecular complexity index is 654. The van der Waals surface area contributed by atoms with Crippen molar-refractivity contribution < 1.29 is 14.1 Å². The summed E-state index contributed by atoms with van der Waals surface area (Å²) in [4.78, 5) is 22.7. The SMILES string of the molecule is C[C@@H](NC(=O)c1cc(-c2cccc(Cl)c2)no1)C(N)=O. The van der Waals surface area contributed by atoms with Gasteiger partial charge in [-0.3, -0.25) is 9.59 Å². The van der Waals surface area contributed by atoms with Crippen LogP contribution >= 0.6 is 11.6 Å². The number of halogens is 1. The first-order valence-electron chi connectivity index (χ1n) is 5.80. The molecular formula is C13H12ClN3O3. The summed E-state index contributed by atoms with van der Waals surface area (Å²) in [5.41, 5.74) is 6.26. The van der Waals surface area contributed by atoms with Crippen LogP contribution in [0.5, 0.6) is 0 Å². The number of nitrogens with one attached hydrogen (secondary N) is 1. The predicted octanol–water partition coefficient (Wildman–Crippen LogP) is 1.60. The molecular weight excluding hydrogens is 282 g/mol. The molecule has 3 N–H and O–H groups in total. The summed E-state index contributed by atoms with van der Waals surface area (Å²) < 4.78 is 4.94. The van der Waals surface area contributed by atoms with E-state index in [4.69, 9.17) is 21.9 Å². The van der Waals surface area contributed by atoms with E-state index in [1.165, 1.54) is 13.0 Å². The topological polar surface area (TPSA) is 98.2 Å². The van der Waals surface area contributed by atoms with Crippen LogP contribution in [0.2, 0.25) is 5.02 Å². The Morgan fingerprint density at radius 3 is 2.80 bits per heavy atom. The maximum Gasteiger partial charge on any atom is 0.290 e. The highest BCUT2D eigenvalue weighted by Gasteiger charge is 2.18. The third-order valence-corrected chi connectivity index (χ3v) is 2.86. The largest absolute Gasteiger partial charge is 0.368 e. The van der Waals surface area contributed by atoms with Gasteiger partial charge in [-0.2, -0.15) is 0 Å². The van der Waals surface area contributed by atoms with Crippen LogP contribution in [-0.4, -0.2) is 23.0 Å². The number of carbonyl (C=O) groups excluding carboxylic acids is 2. The standard InChI is InChI=1S/C13H12ClN3O3/c1-7(12(15)18)16-13(19)11-6-10(17-20-11)8-3-2-4-9(14)5-8/h2-7H,1H3,(H2,15,18)(H,16,19)/t7-/m1/s1. The van der Waals surface area contributed by atoms with Gasteiger partial charge in [0.15, 0.2) is 0 Å². The second-order valence-corrected chi connectivity index (χ2v) is 4.62. The van der Waals surface area contributed by atoms with Gasteiger partial charge in [-0.1, -0.05) is 28.9 Å². The molecule has 1 aromatic heterocycles. The normalized spacial score (nSPS) is 11.9. The number of nitrogens with two attached hydrogens (primary N) is 1. The number of benzene rings is 1. The van der Waals surface area contributed by atoms with Crippen LogP contribution in [0.25, 0.3) is 11.3 Å². The fourth-order valence-electron chi connectivity index (χ4n) is 1.50. The lowest BCUT2D eigenvalue weighted by Crippen LogP contribution is -2.42. The molecule has 0 aliphatic heterocycles. The summed E-state index contributed by atoms with van der Waals surface area (Å²) >= 11 is 5.88. The van der Waals surface area contributed by atoms with Crippen molar-refractivity contribution in [3.8, 4) is 11.3 Å². The van der Waals surface area contributed by atoms with Gasteiger partial charge in [0.2, 0.25) is 11.7 Å². The highest BCUT2D eigenvalue weighted by molar-refractivity contribution is 6.30. The number of hydrogen-bond acceptors (Lipinski definition) is 4. The Hall–Kier alpha value is -2.34. The van der Waals surface area contributed by atoms with Crippen molar-refractivity contribution in [1.82, 2.24) is 10.5 Å². The van der Waals surface area contributed by atoms with Crippen LogP contribution < -0.4 is 11.1 Å². The van der Waals surface area contributed by atoms with E-state index in [1.54, 1.807) is 24.3 Å². The molecule has 2 rings (SSSR count). The van der Waals surface area contributed by atoms with E-state index in [-0.39, 0.29) is 5.76 Å². The number of aromatic nitrogens is 1. The minimum Gasteiger partial charge on any atom is -0.368 e. The Labute approximate surface area is 119 Å². The Kier molecular flexibility index (Phi) is 4.05. The van der Waals surface area contributed by atoms with E-state index < -0.39 is 17.9 Å². The fourth-order valence-corrected chi connectivity index (χ4v) is 1.70. The van der Waals surface area contributed by atoms with Crippen molar-refractivity contribution in [3.05, 3.63) is 41.1 Å². The molecule has 6 nitrogen and oxygen atoms in total. The number of hydrogen-bond donors (Lipinski definition) is 2. The van der Waals surface area contributed by atoms with Gasteiger partial charge in [0, 0.05) is 16.7 Å². The molecule has 0 aliphatic carbocycles. The monoisotopic (exact) mass is 293 g/mol. The van der Waals surface area contributed by atoms with E-state index in [2.05, 4.69) is 10.5 Å². The van der Waals surface area contributed by atoms with Gasteiger partial charge >= 0.3 is 0 Å². The Morgan fingerprint density at radius 1 is 1.40 bits per heavy atom. The van der Waals surface area contributed by atoms with E-state index in [1.807, 2.05) is 0 Å². The van der Waals surface area contributed by atoms with E-state index >= 15 is 0 Å². The van der Waals surface area contributed by atoms with Gasteiger partial charge in [-0.25, -0.2) is 0 Å². The highest BCUT2D eigenvalue weighted by Crippen LogP contribution is 2.22. The Morgan fingerprint density at radius 2 is 2.15 bits per heavy atom. The zero-order chi connectivity index (χ0) is 14.7. The average Bonchev–Trinajstić information content (AvgIpc) is 2.88. The second-order valence-electron chi connectivity index (χ2n) is 4.18. The molecule has 0 fully saturated rings. The molecule has 2 aromatic rings. The summed E-state index contributed by atoms with van der Waals surface area (Å²) in [6.45, 7) is 1.48. The maximum absolute atomic E-state index is 11.8. The molecule has 7 heteroatoms. The second kappa shape index (κ2) is 5.75. The summed E-state index contributed by atoms with van der Waals surface area (Å²) in [6.07, 6.45) is 0. The number of carbonyl (C=O) groups is 2. The zero-order valence-corrected chi connectivity index (χ0v) is 11.3. The molecule has 0 unspecified atom stereocenters. The van der Waals surface area contributed by atoms with Crippen molar-refractivity contribution in [3.63, 3.8) is 0 Å². The molecule has 1 heterocycles. The summed E-state index contributed by atoms with van der Waals surface area (Å²) in [6, 6.07) is 7.66. The highest BCUT2D eigenvalue weighted by atomic mass is 35.5. The average molecular weight is 294 g/mol. The van der Waals surface area contributed by atoms with Crippen LogP contribution in [0.4, 0.5) is 0 Å². The van der Waals surface area contributed by atoms with Crippen molar-refractivity contribution >= 4 is 23.4 Å². The van der Waals surface area contributed by atoms with E-state index in [0.717, 1.165) is 5.56 Å². The van der Waals surface area contributed by atoms with Crippen molar-refractivity contribution in [1.29, 1.82) is 0 Å². The van der Waals surface area contributed by atoms with Gasteiger partial charge in [0.25, 0.3) is 5.91 Å². The molecule has 0 aliphatic rings. The molecule has 0 saturated heterocycles. The van der Waals surface area contributed by atoms with Gasteiger partial charge in [-0.05, 0) is 19.1 Å². The zero-order valence-electron chi connectivity index (χ0n) is 10.6.